The van der Waals surface area contributed by atoms with Crippen LogP contribution in [0.2, 0.25) is 0 Å². The van der Waals surface area contributed by atoms with E-state index in [0.29, 0.717) is 24.4 Å². The summed E-state index contributed by atoms with van der Waals surface area (Å²) in [5.74, 6) is 0.162. The molecule has 1 rings (SSSR count). The molecule has 0 saturated heterocycles. The van der Waals surface area contributed by atoms with Gasteiger partial charge in [-0.2, -0.15) is 0 Å². The number of benzene rings is 1. The van der Waals surface area contributed by atoms with E-state index in [0.717, 1.165) is 12.0 Å². The molecule has 0 aromatic heterocycles. The third kappa shape index (κ3) is 4.99. The van der Waals surface area contributed by atoms with Crippen molar-refractivity contribution < 1.29 is 4.79 Å². The highest BCUT2D eigenvalue weighted by Crippen LogP contribution is 2.21. The highest BCUT2D eigenvalue weighted by Gasteiger charge is 2.20. The summed E-state index contributed by atoms with van der Waals surface area (Å²) in [6.45, 7) is 4.64. The molecule has 1 atom stereocenters. The normalized spacial score (nSPS) is 11.9. The Morgan fingerprint density at radius 3 is 2.47 bits per heavy atom. The maximum Gasteiger partial charge on any atom is 0.223 e. The van der Waals surface area contributed by atoms with Gasteiger partial charge in [0, 0.05) is 19.4 Å². The molecule has 0 saturated carbocycles. The first-order valence-corrected chi connectivity index (χ1v) is 7.09. The highest BCUT2D eigenvalue weighted by molar-refractivity contribution is 7.80. The van der Waals surface area contributed by atoms with Gasteiger partial charge in [-0.1, -0.05) is 49.5 Å². The van der Waals surface area contributed by atoms with Crippen LogP contribution >= 0.6 is 12.2 Å². The Balaban J connectivity index is 2.82. The van der Waals surface area contributed by atoms with Crippen LogP contribution < -0.4 is 5.73 Å². The Hall–Kier alpha value is -1.42. The number of thiocarbonyl (C=S) groups is 1. The summed E-state index contributed by atoms with van der Waals surface area (Å²) in [6, 6.07) is 10.1. The van der Waals surface area contributed by atoms with Crippen molar-refractivity contribution in [2.45, 2.75) is 39.2 Å². The minimum absolute atomic E-state index is 0.0506. The molecule has 0 aliphatic heterocycles. The van der Waals surface area contributed by atoms with Crippen LogP contribution in [-0.2, 0) is 4.79 Å². The van der Waals surface area contributed by atoms with Crippen LogP contribution in [0.15, 0.2) is 30.3 Å². The van der Waals surface area contributed by atoms with Gasteiger partial charge in [0.2, 0.25) is 5.91 Å². The molecule has 0 aliphatic rings. The summed E-state index contributed by atoms with van der Waals surface area (Å²) in [4.78, 5) is 14.5. The molecule has 1 aromatic rings. The lowest BCUT2D eigenvalue weighted by molar-refractivity contribution is -0.133. The smallest absolute Gasteiger partial charge is 0.223 e. The fourth-order valence-electron chi connectivity index (χ4n) is 2.03. The van der Waals surface area contributed by atoms with Crippen LogP contribution in [0.25, 0.3) is 0 Å². The number of nitrogens with two attached hydrogens (primary N) is 1. The van der Waals surface area contributed by atoms with E-state index in [-0.39, 0.29) is 11.9 Å². The van der Waals surface area contributed by atoms with E-state index >= 15 is 0 Å². The zero-order valence-electron chi connectivity index (χ0n) is 11.6. The lowest BCUT2D eigenvalue weighted by Gasteiger charge is -2.29. The van der Waals surface area contributed by atoms with E-state index in [1.54, 1.807) is 0 Å². The molecule has 1 unspecified atom stereocenters. The van der Waals surface area contributed by atoms with Crippen LogP contribution in [0.1, 0.15) is 44.7 Å². The fourth-order valence-corrected chi connectivity index (χ4v) is 2.13. The van der Waals surface area contributed by atoms with Crippen LogP contribution in [0.3, 0.4) is 0 Å². The molecule has 0 bridgehead atoms. The van der Waals surface area contributed by atoms with Crippen molar-refractivity contribution in [2.75, 3.05) is 6.54 Å². The van der Waals surface area contributed by atoms with Crippen molar-refractivity contribution in [3.63, 3.8) is 0 Å². The zero-order valence-corrected chi connectivity index (χ0v) is 12.5. The summed E-state index contributed by atoms with van der Waals surface area (Å²) in [6.07, 6.45) is 1.99. The second-order valence-electron chi connectivity index (χ2n) is 4.64. The molecule has 0 heterocycles. The topological polar surface area (TPSA) is 46.3 Å². The molecular formula is C15H22N2OS. The molecule has 0 spiro atoms. The average Bonchev–Trinajstić information content (AvgIpc) is 2.39. The summed E-state index contributed by atoms with van der Waals surface area (Å²) in [5.41, 5.74) is 6.68. The number of carbonyl (C=O) groups is 1. The Bertz CT molecular complexity index is 419. The third-order valence-corrected chi connectivity index (χ3v) is 3.34. The molecule has 0 radical (unpaired) electrons. The van der Waals surface area contributed by atoms with Gasteiger partial charge in [0.15, 0.2) is 0 Å². The largest absolute Gasteiger partial charge is 0.393 e. The molecule has 2 N–H and O–H groups in total. The number of carbonyl (C=O) groups excluding carboxylic acids is 1. The zero-order chi connectivity index (χ0) is 14.3. The van der Waals surface area contributed by atoms with Gasteiger partial charge in [0.05, 0.1) is 11.0 Å². The molecule has 4 heteroatoms. The van der Waals surface area contributed by atoms with Gasteiger partial charge in [0.25, 0.3) is 0 Å². The highest BCUT2D eigenvalue weighted by atomic mass is 32.1. The Kier molecular flexibility index (Phi) is 6.50. The maximum absolute atomic E-state index is 12.2. The summed E-state index contributed by atoms with van der Waals surface area (Å²) >= 11 is 4.91. The first kappa shape index (κ1) is 15.6. The average molecular weight is 278 g/mol. The molecule has 1 aromatic carbocycles. The van der Waals surface area contributed by atoms with Crippen molar-refractivity contribution in [3.8, 4) is 0 Å². The van der Waals surface area contributed by atoms with Crippen LogP contribution in [-0.4, -0.2) is 22.3 Å². The standard InChI is InChI=1S/C15H22N2OS/c1-3-7-15(18)17(11-10-14(16)19)12(2)13-8-5-4-6-9-13/h4-6,8-9,12H,3,7,10-11H2,1-2H3,(H2,16,19). The minimum Gasteiger partial charge on any atom is -0.393 e. The number of nitrogens with zero attached hydrogens (tertiary/aromatic N) is 1. The number of amides is 1. The molecule has 19 heavy (non-hydrogen) atoms. The van der Waals surface area contributed by atoms with E-state index in [1.165, 1.54) is 0 Å². The summed E-state index contributed by atoms with van der Waals surface area (Å²) < 4.78 is 0. The molecule has 104 valence electrons. The maximum atomic E-state index is 12.2. The van der Waals surface area contributed by atoms with Gasteiger partial charge in [-0.15, -0.1) is 0 Å². The van der Waals surface area contributed by atoms with Crippen LogP contribution in [0, 0.1) is 0 Å². The monoisotopic (exact) mass is 278 g/mol. The fraction of sp³-hybridized carbons (Fsp3) is 0.467. The Labute approximate surface area is 120 Å². The molecule has 1 amide bonds. The van der Waals surface area contributed by atoms with Gasteiger partial charge in [-0.25, -0.2) is 0 Å². The minimum atomic E-state index is 0.0506. The van der Waals surface area contributed by atoms with Crippen LogP contribution in [0.4, 0.5) is 0 Å². The van der Waals surface area contributed by atoms with Crippen molar-refractivity contribution in [1.29, 1.82) is 0 Å². The van der Waals surface area contributed by atoms with E-state index in [9.17, 15) is 4.79 Å². The van der Waals surface area contributed by atoms with E-state index in [4.69, 9.17) is 18.0 Å². The van der Waals surface area contributed by atoms with Gasteiger partial charge >= 0.3 is 0 Å². The summed E-state index contributed by atoms with van der Waals surface area (Å²) in [5, 5.41) is 0. The quantitative estimate of drug-likeness (QED) is 0.780. The first-order valence-electron chi connectivity index (χ1n) is 6.69. The Morgan fingerprint density at radius 2 is 1.95 bits per heavy atom. The molecular weight excluding hydrogens is 256 g/mol. The third-order valence-electron chi connectivity index (χ3n) is 3.13. The van der Waals surface area contributed by atoms with E-state index in [1.807, 2.05) is 49.1 Å². The molecule has 0 fully saturated rings. The number of hydrogen-bond acceptors (Lipinski definition) is 2. The van der Waals surface area contributed by atoms with Crippen molar-refractivity contribution in [2.24, 2.45) is 5.73 Å². The van der Waals surface area contributed by atoms with Gasteiger partial charge in [0.1, 0.15) is 0 Å². The van der Waals surface area contributed by atoms with Gasteiger partial charge in [-0.05, 0) is 18.9 Å². The summed E-state index contributed by atoms with van der Waals surface area (Å²) in [7, 11) is 0. The lowest BCUT2D eigenvalue weighted by Crippen LogP contribution is -2.35. The lowest BCUT2D eigenvalue weighted by atomic mass is 10.1. The Morgan fingerprint density at radius 1 is 1.32 bits per heavy atom. The molecule has 3 nitrogen and oxygen atoms in total. The van der Waals surface area contributed by atoms with E-state index in [2.05, 4.69) is 0 Å². The van der Waals surface area contributed by atoms with Gasteiger partial charge in [-0.3, -0.25) is 4.79 Å². The SMILES string of the molecule is CCCC(=O)N(CCC(N)=S)C(C)c1ccccc1. The predicted molar refractivity (Wildman–Crippen MR) is 82.9 cm³/mol. The first-order chi connectivity index (χ1) is 9.06. The van der Waals surface area contributed by atoms with Crippen molar-refractivity contribution in [3.05, 3.63) is 35.9 Å². The van der Waals surface area contributed by atoms with E-state index < -0.39 is 0 Å². The van der Waals surface area contributed by atoms with Crippen molar-refractivity contribution >= 4 is 23.1 Å². The number of hydrogen-bond donors (Lipinski definition) is 1. The molecule has 0 aliphatic carbocycles. The van der Waals surface area contributed by atoms with Crippen LogP contribution in [0.5, 0.6) is 0 Å². The number of rotatable bonds is 7. The second kappa shape index (κ2) is 7.89. The predicted octanol–water partition coefficient (Wildman–Crippen LogP) is 3.05. The van der Waals surface area contributed by atoms with Crippen molar-refractivity contribution in [1.82, 2.24) is 4.90 Å². The van der Waals surface area contributed by atoms with Gasteiger partial charge < -0.3 is 10.6 Å². The second-order valence-corrected chi connectivity index (χ2v) is 5.16.